The molecule has 1 aromatic heterocycles. The fourth-order valence-electron chi connectivity index (χ4n) is 1.60. The van der Waals surface area contributed by atoms with E-state index in [1.165, 1.54) is 19.3 Å². The first-order valence-electron chi connectivity index (χ1n) is 5.68. The summed E-state index contributed by atoms with van der Waals surface area (Å²) in [7, 11) is 4.22. The molecule has 4 nitrogen and oxygen atoms in total. The van der Waals surface area contributed by atoms with Crippen molar-refractivity contribution in [1.29, 1.82) is 0 Å². The van der Waals surface area contributed by atoms with Crippen molar-refractivity contribution in [2.24, 2.45) is 0 Å². The lowest BCUT2D eigenvalue weighted by Gasteiger charge is -2.11. The molecule has 1 saturated carbocycles. The molecular formula is C11H20N4. The molecule has 1 heterocycles. The predicted molar refractivity (Wildman–Crippen MR) is 62.0 cm³/mol. The quantitative estimate of drug-likeness (QED) is 0.767. The van der Waals surface area contributed by atoms with Crippen molar-refractivity contribution in [3.63, 3.8) is 0 Å². The van der Waals surface area contributed by atoms with E-state index >= 15 is 0 Å². The topological polar surface area (TPSA) is 33.1 Å². The lowest BCUT2D eigenvalue weighted by molar-refractivity contribution is 0.387. The number of hydrogen-bond donors (Lipinski definition) is 1. The molecular weight excluding hydrogens is 188 g/mol. The number of rotatable bonds is 6. The van der Waals surface area contributed by atoms with E-state index in [0.29, 0.717) is 6.04 Å². The lowest BCUT2D eigenvalue weighted by Crippen LogP contribution is -2.16. The van der Waals surface area contributed by atoms with E-state index in [9.17, 15) is 0 Å². The van der Waals surface area contributed by atoms with E-state index in [1.54, 1.807) is 0 Å². The Balaban J connectivity index is 1.81. The standard InChI is InChI=1S/C11H20N4/c1-14(2)7-3-8-15-9-6-12-11(15)13-10-4-5-10/h6,9-10H,3-5,7-8H2,1-2H3,(H,12,13). The minimum atomic E-state index is 0.681. The van der Waals surface area contributed by atoms with Gasteiger partial charge in [0.2, 0.25) is 5.95 Å². The molecule has 0 radical (unpaired) electrons. The molecule has 1 N–H and O–H groups in total. The summed E-state index contributed by atoms with van der Waals surface area (Å²) in [6.07, 6.45) is 7.69. The van der Waals surface area contributed by atoms with Crippen molar-refractivity contribution in [1.82, 2.24) is 14.5 Å². The number of aromatic nitrogens is 2. The van der Waals surface area contributed by atoms with Gasteiger partial charge in [0.25, 0.3) is 0 Å². The van der Waals surface area contributed by atoms with Crippen LogP contribution in [0.3, 0.4) is 0 Å². The summed E-state index contributed by atoms with van der Waals surface area (Å²) in [5.74, 6) is 1.04. The average Bonchev–Trinajstić information content (AvgIpc) is 2.87. The van der Waals surface area contributed by atoms with Gasteiger partial charge in [-0.05, 0) is 39.9 Å². The van der Waals surface area contributed by atoms with Gasteiger partial charge < -0.3 is 14.8 Å². The summed E-state index contributed by atoms with van der Waals surface area (Å²) in [5, 5.41) is 3.44. The van der Waals surface area contributed by atoms with E-state index < -0.39 is 0 Å². The molecule has 0 amide bonds. The van der Waals surface area contributed by atoms with Gasteiger partial charge in [-0.15, -0.1) is 0 Å². The van der Waals surface area contributed by atoms with Gasteiger partial charge in [0.15, 0.2) is 0 Å². The summed E-state index contributed by atoms with van der Waals surface area (Å²) >= 11 is 0. The van der Waals surface area contributed by atoms with Crippen molar-refractivity contribution < 1.29 is 0 Å². The van der Waals surface area contributed by atoms with Crippen molar-refractivity contribution in [2.45, 2.75) is 31.8 Å². The predicted octanol–water partition coefficient (Wildman–Crippen LogP) is 1.41. The highest BCUT2D eigenvalue weighted by Gasteiger charge is 2.22. The first-order valence-corrected chi connectivity index (χ1v) is 5.68. The monoisotopic (exact) mass is 208 g/mol. The Morgan fingerprint density at radius 1 is 1.53 bits per heavy atom. The normalized spacial score (nSPS) is 15.9. The molecule has 0 unspecified atom stereocenters. The van der Waals surface area contributed by atoms with Crippen molar-refractivity contribution in [3.8, 4) is 0 Å². The van der Waals surface area contributed by atoms with Crippen LogP contribution in [0.5, 0.6) is 0 Å². The Hall–Kier alpha value is -1.03. The van der Waals surface area contributed by atoms with Crippen LogP contribution in [0.2, 0.25) is 0 Å². The van der Waals surface area contributed by atoms with Crippen LogP contribution in [-0.2, 0) is 6.54 Å². The number of anilines is 1. The molecule has 1 aliphatic rings. The highest BCUT2D eigenvalue weighted by atomic mass is 15.2. The molecule has 0 bridgehead atoms. The summed E-state index contributed by atoms with van der Waals surface area (Å²) in [4.78, 5) is 6.55. The van der Waals surface area contributed by atoms with Crippen LogP contribution < -0.4 is 5.32 Å². The fourth-order valence-corrected chi connectivity index (χ4v) is 1.60. The van der Waals surface area contributed by atoms with E-state index in [4.69, 9.17) is 0 Å². The van der Waals surface area contributed by atoms with Gasteiger partial charge >= 0.3 is 0 Å². The van der Waals surface area contributed by atoms with E-state index in [-0.39, 0.29) is 0 Å². The van der Waals surface area contributed by atoms with Gasteiger partial charge in [0, 0.05) is 25.0 Å². The van der Waals surface area contributed by atoms with Crippen LogP contribution in [0, 0.1) is 0 Å². The zero-order valence-corrected chi connectivity index (χ0v) is 9.61. The second-order valence-electron chi connectivity index (χ2n) is 4.52. The Bertz CT molecular complexity index is 301. The summed E-state index contributed by atoms with van der Waals surface area (Å²) < 4.78 is 2.21. The highest BCUT2D eigenvalue weighted by Crippen LogP contribution is 2.23. The highest BCUT2D eigenvalue weighted by molar-refractivity contribution is 5.29. The van der Waals surface area contributed by atoms with Crippen molar-refractivity contribution in [2.75, 3.05) is 26.0 Å². The molecule has 0 aromatic carbocycles. The van der Waals surface area contributed by atoms with Gasteiger partial charge in [-0.2, -0.15) is 0 Å². The van der Waals surface area contributed by atoms with Crippen molar-refractivity contribution in [3.05, 3.63) is 12.4 Å². The Morgan fingerprint density at radius 3 is 3.00 bits per heavy atom. The third kappa shape index (κ3) is 3.23. The molecule has 2 rings (SSSR count). The first kappa shape index (κ1) is 10.5. The first-order chi connectivity index (χ1) is 7.25. The summed E-state index contributed by atoms with van der Waals surface area (Å²) in [5.41, 5.74) is 0. The second kappa shape index (κ2) is 4.66. The zero-order valence-electron chi connectivity index (χ0n) is 9.61. The molecule has 1 aliphatic carbocycles. The van der Waals surface area contributed by atoms with Crippen LogP contribution in [-0.4, -0.2) is 41.1 Å². The van der Waals surface area contributed by atoms with Gasteiger partial charge in [-0.1, -0.05) is 0 Å². The minimum Gasteiger partial charge on any atom is -0.353 e. The van der Waals surface area contributed by atoms with Gasteiger partial charge in [-0.25, -0.2) is 4.98 Å². The molecule has 4 heteroatoms. The molecule has 0 spiro atoms. The number of nitrogens with one attached hydrogen (secondary N) is 1. The molecule has 0 saturated heterocycles. The SMILES string of the molecule is CN(C)CCCn1ccnc1NC1CC1. The van der Waals surface area contributed by atoms with Crippen LogP contribution in [0.4, 0.5) is 5.95 Å². The Morgan fingerprint density at radius 2 is 2.33 bits per heavy atom. The Kier molecular flexibility index (Phi) is 3.26. The third-order valence-corrected chi connectivity index (χ3v) is 2.63. The minimum absolute atomic E-state index is 0.681. The Labute approximate surface area is 91.3 Å². The van der Waals surface area contributed by atoms with Crippen LogP contribution in [0.1, 0.15) is 19.3 Å². The molecule has 0 atom stereocenters. The van der Waals surface area contributed by atoms with E-state index in [1.807, 2.05) is 6.20 Å². The zero-order chi connectivity index (χ0) is 10.7. The van der Waals surface area contributed by atoms with E-state index in [2.05, 4.69) is 40.1 Å². The van der Waals surface area contributed by atoms with Crippen LogP contribution >= 0.6 is 0 Å². The van der Waals surface area contributed by atoms with Gasteiger partial charge in [0.1, 0.15) is 0 Å². The summed E-state index contributed by atoms with van der Waals surface area (Å²) in [6, 6.07) is 0.681. The second-order valence-corrected chi connectivity index (χ2v) is 4.52. The van der Waals surface area contributed by atoms with Crippen LogP contribution in [0.15, 0.2) is 12.4 Å². The molecule has 1 aromatic rings. The van der Waals surface area contributed by atoms with Gasteiger partial charge in [0.05, 0.1) is 0 Å². The number of imidazole rings is 1. The molecule has 84 valence electrons. The largest absolute Gasteiger partial charge is 0.353 e. The van der Waals surface area contributed by atoms with Crippen molar-refractivity contribution >= 4 is 5.95 Å². The molecule has 1 fully saturated rings. The maximum Gasteiger partial charge on any atom is 0.202 e. The number of nitrogens with zero attached hydrogens (tertiary/aromatic N) is 3. The summed E-state index contributed by atoms with van der Waals surface area (Å²) in [6.45, 7) is 2.17. The lowest BCUT2D eigenvalue weighted by atomic mass is 10.4. The van der Waals surface area contributed by atoms with Crippen LogP contribution in [0.25, 0.3) is 0 Å². The smallest absolute Gasteiger partial charge is 0.202 e. The number of hydrogen-bond acceptors (Lipinski definition) is 3. The third-order valence-electron chi connectivity index (χ3n) is 2.63. The molecule has 15 heavy (non-hydrogen) atoms. The molecule has 0 aliphatic heterocycles. The maximum atomic E-state index is 4.33. The number of aryl methyl sites for hydroxylation is 1. The average molecular weight is 208 g/mol. The van der Waals surface area contributed by atoms with Gasteiger partial charge in [-0.3, -0.25) is 0 Å². The van der Waals surface area contributed by atoms with E-state index in [0.717, 1.165) is 19.0 Å². The maximum absolute atomic E-state index is 4.33. The fraction of sp³-hybridized carbons (Fsp3) is 0.727.